The number of aryl methyl sites for hydroxylation is 1. The SMILES string of the molecule is CC[C@@H](C(=O)NCCOc1ccc(C)cc1)N(c1ccc(OC)cc1)S(C)(=O)=O. The van der Waals surface area contributed by atoms with Gasteiger partial charge in [-0.3, -0.25) is 9.10 Å². The Balaban J connectivity index is 2.04. The number of nitrogens with zero attached hydrogens (tertiary/aromatic N) is 1. The number of methoxy groups -OCH3 is 1. The predicted molar refractivity (Wildman–Crippen MR) is 114 cm³/mol. The molecule has 2 rings (SSSR count). The Labute approximate surface area is 172 Å². The van der Waals surface area contributed by atoms with Gasteiger partial charge in [0.1, 0.15) is 24.1 Å². The standard InChI is InChI=1S/C21H28N2O5S/c1-5-20(21(24)22-14-15-28-19-10-6-16(2)7-11-19)23(29(4,25)26)17-8-12-18(27-3)13-9-17/h6-13,20H,5,14-15H2,1-4H3,(H,22,24)/t20-/m0/s1. The van der Waals surface area contributed by atoms with Crippen molar-refractivity contribution in [3.05, 3.63) is 54.1 Å². The number of ether oxygens (including phenoxy) is 2. The summed E-state index contributed by atoms with van der Waals surface area (Å²) < 4.78 is 36.7. The Morgan fingerprint density at radius 3 is 2.17 bits per heavy atom. The predicted octanol–water partition coefficient (Wildman–Crippen LogP) is 2.74. The third-order valence-electron chi connectivity index (χ3n) is 4.35. The molecule has 158 valence electrons. The van der Waals surface area contributed by atoms with Gasteiger partial charge in [-0.2, -0.15) is 0 Å². The molecule has 7 nitrogen and oxygen atoms in total. The summed E-state index contributed by atoms with van der Waals surface area (Å²) in [5.41, 5.74) is 1.54. The number of benzene rings is 2. The molecule has 0 unspecified atom stereocenters. The summed E-state index contributed by atoms with van der Waals surface area (Å²) >= 11 is 0. The lowest BCUT2D eigenvalue weighted by Gasteiger charge is -2.30. The van der Waals surface area contributed by atoms with Crippen LogP contribution in [0.25, 0.3) is 0 Å². The zero-order valence-electron chi connectivity index (χ0n) is 17.2. The Kier molecular flexibility index (Phi) is 7.90. The van der Waals surface area contributed by atoms with Crippen LogP contribution in [0.3, 0.4) is 0 Å². The van der Waals surface area contributed by atoms with E-state index in [9.17, 15) is 13.2 Å². The van der Waals surface area contributed by atoms with E-state index in [0.717, 1.165) is 16.1 Å². The molecule has 0 bridgehead atoms. The summed E-state index contributed by atoms with van der Waals surface area (Å²) in [6, 6.07) is 13.3. The highest BCUT2D eigenvalue weighted by Gasteiger charge is 2.31. The van der Waals surface area contributed by atoms with Crippen LogP contribution in [0.4, 0.5) is 5.69 Å². The Morgan fingerprint density at radius 1 is 1.07 bits per heavy atom. The number of anilines is 1. The maximum absolute atomic E-state index is 12.7. The van der Waals surface area contributed by atoms with E-state index in [2.05, 4.69) is 5.32 Å². The van der Waals surface area contributed by atoms with Crippen molar-refractivity contribution in [1.82, 2.24) is 5.32 Å². The number of sulfonamides is 1. The fraction of sp³-hybridized carbons (Fsp3) is 0.381. The molecular formula is C21H28N2O5S. The number of amides is 1. The highest BCUT2D eigenvalue weighted by molar-refractivity contribution is 7.92. The second-order valence-electron chi connectivity index (χ2n) is 6.63. The van der Waals surface area contributed by atoms with E-state index in [-0.39, 0.29) is 19.1 Å². The van der Waals surface area contributed by atoms with Gasteiger partial charge in [0.2, 0.25) is 15.9 Å². The second-order valence-corrected chi connectivity index (χ2v) is 8.49. The minimum absolute atomic E-state index is 0.267. The maximum atomic E-state index is 12.7. The number of rotatable bonds is 10. The van der Waals surface area contributed by atoms with Crippen LogP contribution in [0.2, 0.25) is 0 Å². The largest absolute Gasteiger partial charge is 0.497 e. The van der Waals surface area contributed by atoms with Crippen molar-refractivity contribution < 1.29 is 22.7 Å². The number of hydrogen-bond acceptors (Lipinski definition) is 5. The zero-order valence-corrected chi connectivity index (χ0v) is 18.0. The molecule has 1 atom stereocenters. The molecule has 8 heteroatoms. The zero-order chi connectivity index (χ0) is 21.4. The molecule has 1 N–H and O–H groups in total. The molecule has 0 heterocycles. The third-order valence-corrected chi connectivity index (χ3v) is 5.53. The van der Waals surface area contributed by atoms with Crippen molar-refractivity contribution in [2.75, 3.05) is 30.8 Å². The molecular weight excluding hydrogens is 392 g/mol. The molecule has 0 saturated heterocycles. The number of nitrogens with one attached hydrogen (secondary N) is 1. The molecule has 0 saturated carbocycles. The third kappa shape index (κ3) is 6.39. The first-order chi connectivity index (χ1) is 13.8. The van der Waals surface area contributed by atoms with E-state index in [4.69, 9.17) is 9.47 Å². The summed E-state index contributed by atoms with van der Waals surface area (Å²) in [7, 11) is -2.14. The van der Waals surface area contributed by atoms with E-state index in [1.165, 1.54) is 7.11 Å². The van der Waals surface area contributed by atoms with Gasteiger partial charge in [-0.25, -0.2) is 8.42 Å². The van der Waals surface area contributed by atoms with Crippen molar-refractivity contribution >= 4 is 21.6 Å². The summed E-state index contributed by atoms with van der Waals surface area (Å²) in [6.45, 7) is 4.32. The molecule has 0 aliphatic heterocycles. The van der Waals surface area contributed by atoms with Gasteiger partial charge < -0.3 is 14.8 Å². The van der Waals surface area contributed by atoms with Gasteiger partial charge in [-0.15, -0.1) is 0 Å². The average molecular weight is 421 g/mol. The van der Waals surface area contributed by atoms with Crippen LogP contribution in [0.5, 0.6) is 11.5 Å². The highest BCUT2D eigenvalue weighted by Crippen LogP contribution is 2.25. The van der Waals surface area contributed by atoms with Gasteiger partial charge in [0.25, 0.3) is 0 Å². The summed E-state index contributed by atoms with van der Waals surface area (Å²) in [5.74, 6) is 0.946. The van der Waals surface area contributed by atoms with Crippen molar-refractivity contribution in [2.45, 2.75) is 26.3 Å². The summed E-state index contributed by atoms with van der Waals surface area (Å²) in [4.78, 5) is 12.7. The van der Waals surface area contributed by atoms with Crippen molar-refractivity contribution in [2.24, 2.45) is 0 Å². The van der Waals surface area contributed by atoms with E-state index in [0.29, 0.717) is 23.6 Å². The Morgan fingerprint density at radius 2 is 1.66 bits per heavy atom. The first-order valence-corrected chi connectivity index (χ1v) is 11.2. The van der Waals surface area contributed by atoms with E-state index in [1.807, 2.05) is 31.2 Å². The Hall–Kier alpha value is -2.74. The molecule has 2 aromatic carbocycles. The molecule has 1 amide bonds. The summed E-state index contributed by atoms with van der Waals surface area (Å²) in [6.07, 6.45) is 1.41. The van der Waals surface area contributed by atoms with Crippen LogP contribution in [-0.2, 0) is 14.8 Å². The van der Waals surface area contributed by atoms with Crippen LogP contribution in [-0.4, -0.2) is 46.9 Å². The van der Waals surface area contributed by atoms with Gasteiger partial charge >= 0.3 is 0 Å². The lowest BCUT2D eigenvalue weighted by atomic mass is 10.2. The smallest absolute Gasteiger partial charge is 0.244 e. The molecule has 0 fully saturated rings. The maximum Gasteiger partial charge on any atom is 0.244 e. The fourth-order valence-electron chi connectivity index (χ4n) is 2.88. The number of carbonyl (C=O) groups is 1. The van der Waals surface area contributed by atoms with E-state index >= 15 is 0 Å². The van der Waals surface area contributed by atoms with Gasteiger partial charge in [0.05, 0.1) is 25.6 Å². The molecule has 2 aromatic rings. The van der Waals surface area contributed by atoms with E-state index < -0.39 is 16.1 Å². The number of carbonyl (C=O) groups excluding carboxylic acids is 1. The second kappa shape index (κ2) is 10.2. The fourth-order valence-corrected chi connectivity index (χ4v) is 4.10. The molecule has 0 aliphatic rings. The minimum Gasteiger partial charge on any atom is -0.497 e. The molecule has 0 spiro atoms. The van der Waals surface area contributed by atoms with Gasteiger partial charge in [0.15, 0.2) is 0 Å². The van der Waals surface area contributed by atoms with Crippen LogP contribution in [0, 0.1) is 6.92 Å². The van der Waals surface area contributed by atoms with Crippen molar-refractivity contribution in [3.8, 4) is 11.5 Å². The minimum atomic E-state index is -3.67. The van der Waals surface area contributed by atoms with Gasteiger partial charge in [-0.1, -0.05) is 24.6 Å². The van der Waals surface area contributed by atoms with E-state index in [1.54, 1.807) is 31.2 Å². The molecule has 0 aliphatic carbocycles. The monoisotopic (exact) mass is 420 g/mol. The van der Waals surface area contributed by atoms with Crippen molar-refractivity contribution in [1.29, 1.82) is 0 Å². The number of hydrogen-bond donors (Lipinski definition) is 1. The van der Waals surface area contributed by atoms with Crippen LogP contribution in [0.15, 0.2) is 48.5 Å². The Bertz CT molecular complexity index is 896. The van der Waals surface area contributed by atoms with Crippen LogP contribution >= 0.6 is 0 Å². The quantitative estimate of drug-likeness (QED) is 0.598. The summed E-state index contributed by atoms with van der Waals surface area (Å²) in [5, 5.41) is 2.77. The lowest BCUT2D eigenvalue weighted by Crippen LogP contribution is -2.50. The van der Waals surface area contributed by atoms with Crippen molar-refractivity contribution in [3.63, 3.8) is 0 Å². The molecule has 29 heavy (non-hydrogen) atoms. The lowest BCUT2D eigenvalue weighted by molar-refractivity contribution is -0.122. The van der Waals surface area contributed by atoms with Crippen LogP contribution in [0.1, 0.15) is 18.9 Å². The molecule has 0 aromatic heterocycles. The average Bonchev–Trinajstić information content (AvgIpc) is 2.69. The molecule has 0 radical (unpaired) electrons. The van der Waals surface area contributed by atoms with Gasteiger partial charge in [-0.05, 0) is 49.7 Å². The first-order valence-electron chi connectivity index (χ1n) is 9.37. The van der Waals surface area contributed by atoms with Crippen LogP contribution < -0.4 is 19.1 Å². The first kappa shape index (κ1) is 22.5. The highest BCUT2D eigenvalue weighted by atomic mass is 32.2. The normalized spacial score (nSPS) is 12.1. The topological polar surface area (TPSA) is 84.9 Å². The van der Waals surface area contributed by atoms with Gasteiger partial charge in [0, 0.05) is 0 Å².